The minimum absolute atomic E-state index is 0.117. The quantitative estimate of drug-likeness (QED) is 0.836. The summed E-state index contributed by atoms with van der Waals surface area (Å²) in [5.74, 6) is -0.204. The molecule has 0 aliphatic heterocycles. The van der Waals surface area contributed by atoms with Gasteiger partial charge in [-0.05, 0) is 55.3 Å². The molecule has 0 aromatic heterocycles. The van der Waals surface area contributed by atoms with Gasteiger partial charge in [0.05, 0.1) is 11.7 Å². The van der Waals surface area contributed by atoms with Crippen molar-refractivity contribution in [1.82, 2.24) is 0 Å². The van der Waals surface area contributed by atoms with Crippen molar-refractivity contribution in [1.29, 1.82) is 0 Å². The first-order chi connectivity index (χ1) is 9.45. The topological polar surface area (TPSA) is 72.5 Å². The van der Waals surface area contributed by atoms with Gasteiger partial charge < -0.3 is 15.6 Å². The number of aromatic carboxylic acids is 1. The molecule has 4 nitrogen and oxygen atoms in total. The molecule has 0 radical (unpaired) electrons. The summed E-state index contributed by atoms with van der Waals surface area (Å²) in [4.78, 5) is 11.0. The first-order valence-corrected chi connectivity index (χ1v) is 6.36. The van der Waals surface area contributed by atoms with Crippen molar-refractivity contribution < 1.29 is 14.6 Å². The Hall–Kier alpha value is -2.49. The minimum Gasteiger partial charge on any atom is -0.491 e. The second kappa shape index (κ2) is 5.65. The van der Waals surface area contributed by atoms with Gasteiger partial charge in [0.25, 0.3) is 0 Å². The number of nitrogen functional groups attached to an aromatic ring is 1. The van der Waals surface area contributed by atoms with Crippen molar-refractivity contribution in [2.24, 2.45) is 0 Å². The predicted molar refractivity (Wildman–Crippen MR) is 79.0 cm³/mol. The van der Waals surface area contributed by atoms with Gasteiger partial charge in [0.1, 0.15) is 5.75 Å². The minimum atomic E-state index is -0.988. The van der Waals surface area contributed by atoms with E-state index in [1.54, 1.807) is 12.1 Å². The molecule has 2 aromatic carbocycles. The first kappa shape index (κ1) is 13.9. The zero-order valence-corrected chi connectivity index (χ0v) is 11.5. The van der Waals surface area contributed by atoms with E-state index in [1.807, 2.05) is 38.1 Å². The fraction of sp³-hybridized carbons (Fsp3) is 0.188. The Kier molecular flexibility index (Phi) is 3.94. The lowest BCUT2D eigenvalue weighted by Crippen LogP contribution is -2.05. The summed E-state index contributed by atoms with van der Waals surface area (Å²) in [6.45, 7) is 3.93. The maximum Gasteiger partial charge on any atom is 0.335 e. The smallest absolute Gasteiger partial charge is 0.335 e. The molecule has 0 spiro atoms. The molecule has 104 valence electrons. The van der Waals surface area contributed by atoms with Crippen LogP contribution in [0, 0.1) is 0 Å². The Morgan fingerprint density at radius 3 is 2.30 bits per heavy atom. The number of carboxylic acids is 1. The van der Waals surface area contributed by atoms with E-state index in [2.05, 4.69) is 0 Å². The number of carboxylic acid groups (broad SMARTS) is 1. The molecule has 0 aliphatic carbocycles. The molecule has 2 aromatic rings. The van der Waals surface area contributed by atoms with Crippen LogP contribution in [0.1, 0.15) is 24.2 Å². The number of rotatable bonds is 4. The Morgan fingerprint density at radius 2 is 1.75 bits per heavy atom. The van der Waals surface area contributed by atoms with Crippen molar-refractivity contribution in [3.05, 3.63) is 48.0 Å². The van der Waals surface area contributed by atoms with Crippen molar-refractivity contribution in [2.75, 3.05) is 5.73 Å². The zero-order valence-electron chi connectivity index (χ0n) is 11.5. The molecular formula is C16H17NO3. The molecule has 0 saturated carbocycles. The molecule has 4 heteroatoms. The van der Waals surface area contributed by atoms with E-state index >= 15 is 0 Å². The Morgan fingerprint density at radius 1 is 1.10 bits per heavy atom. The molecule has 3 N–H and O–H groups in total. The van der Waals surface area contributed by atoms with E-state index < -0.39 is 5.97 Å². The normalized spacial score (nSPS) is 10.6. The van der Waals surface area contributed by atoms with E-state index in [1.165, 1.54) is 6.07 Å². The van der Waals surface area contributed by atoms with Crippen LogP contribution in [0.25, 0.3) is 11.1 Å². The van der Waals surface area contributed by atoms with Crippen molar-refractivity contribution in [3.8, 4) is 16.9 Å². The lowest BCUT2D eigenvalue weighted by Gasteiger charge is -2.10. The lowest BCUT2D eigenvalue weighted by atomic mass is 10.0. The average Bonchev–Trinajstić information content (AvgIpc) is 2.38. The summed E-state index contributed by atoms with van der Waals surface area (Å²) in [7, 11) is 0. The van der Waals surface area contributed by atoms with Gasteiger partial charge in [0.15, 0.2) is 0 Å². The number of hydrogen-bond acceptors (Lipinski definition) is 3. The van der Waals surface area contributed by atoms with Crippen molar-refractivity contribution in [3.63, 3.8) is 0 Å². The average molecular weight is 271 g/mol. The number of anilines is 1. The van der Waals surface area contributed by atoms with Crippen LogP contribution in [0.2, 0.25) is 0 Å². The maximum atomic E-state index is 11.0. The van der Waals surface area contributed by atoms with Crippen molar-refractivity contribution in [2.45, 2.75) is 20.0 Å². The summed E-state index contributed by atoms with van der Waals surface area (Å²) < 4.78 is 5.57. The molecule has 0 aliphatic rings. The Balaban J connectivity index is 2.34. The highest BCUT2D eigenvalue weighted by Crippen LogP contribution is 2.26. The third-order valence-corrected chi connectivity index (χ3v) is 2.76. The molecule has 0 unspecified atom stereocenters. The summed E-state index contributed by atoms with van der Waals surface area (Å²) in [5.41, 5.74) is 8.03. The highest BCUT2D eigenvalue weighted by Gasteiger charge is 2.07. The molecule has 0 bridgehead atoms. The lowest BCUT2D eigenvalue weighted by molar-refractivity contribution is 0.0697. The van der Waals surface area contributed by atoms with Gasteiger partial charge in [-0.1, -0.05) is 12.1 Å². The summed E-state index contributed by atoms with van der Waals surface area (Å²) in [6, 6.07) is 12.3. The summed E-state index contributed by atoms with van der Waals surface area (Å²) in [6.07, 6.45) is 0.117. The van der Waals surface area contributed by atoms with E-state index in [-0.39, 0.29) is 11.7 Å². The van der Waals surface area contributed by atoms with Crippen molar-refractivity contribution >= 4 is 11.7 Å². The third-order valence-electron chi connectivity index (χ3n) is 2.76. The number of hydrogen-bond donors (Lipinski definition) is 2. The maximum absolute atomic E-state index is 11.0. The molecule has 0 fully saturated rings. The van der Waals surface area contributed by atoms with Gasteiger partial charge in [0.2, 0.25) is 0 Å². The van der Waals surface area contributed by atoms with E-state index in [4.69, 9.17) is 15.6 Å². The van der Waals surface area contributed by atoms with Gasteiger partial charge in [-0.3, -0.25) is 0 Å². The third kappa shape index (κ3) is 3.29. The second-order valence-corrected chi connectivity index (χ2v) is 4.84. The number of carbonyl (C=O) groups is 1. The summed E-state index contributed by atoms with van der Waals surface area (Å²) >= 11 is 0. The van der Waals surface area contributed by atoms with Gasteiger partial charge >= 0.3 is 5.97 Å². The fourth-order valence-electron chi connectivity index (χ4n) is 1.94. The summed E-state index contributed by atoms with van der Waals surface area (Å²) in [5, 5.41) is 9.05. The SMILES string of the molecule is CC(C)Oc1ccc(-c2cc(N)cc(C(=O)O)c2)cc1. The van der Waals surface area contributed by atoms with E-state index in [9.17, 15) is 4.79 Å². The molecule has 0 heterocycles. The van der Waals surface area contributed by atoms with Crippen LogP contribution in [0.15, 0.2) is 42.5 Å². The number of nitrogens with two attached hydrogens (primary N) is 1. The first-order valence-electron chi connectivity index (χ1n) is 6.36. The highest BCUT2D eigenvalue weighted by atomic mass is 16.5. The second-order valence-electron chi connectivity index (χ2n) is 4.84. The fourth-order valence-corrected chi connectivity index (χ4v) is 1.94. The van der Waals surface area contributed by atoms with Crippen LogP contribution in [0.3, 0.4) is 0 Å². The molecular weight excluding hydrogens is 254 g/mol. The van der Waals surface area contributed by atoms with Gasteiger partial charge in [-0.2, -0.15) is 0 Å². The highest BCUT2D eigenvalue weighted by molar-refractivity contribution is 5.91. The van der Waals surface area contributed by atoms with Gasteiger partial charge in [-0.25, -0.2) is 4.79 Å². The number of benzene rings is 2. The molecule has 0 atom stereocenters. The molecule has 2 rings (SSSR count). The zero-order chi connectivity index (χ0) is 14.7. The van der Waals surface area contributed by atoms with E-state index in [0.29, 0.717) is 5.69 Å². The Labute approximate surface area is 117 Å². The standard InChI is InChI=1S/C16H17NO3/c1-10(2)20-15-5-3-11(4-6-15)12-7-13(16(18)19)9-14(17)8-12/h3-10H,17H2,1-2H3,(H,18,19). The van der Waals surface area contributed by atoms with Crippen LogP contribution in [-0.4, -0.2) is 17.2 Å². The van der Waals surface area contributed by atoms with Gasteiger partial charge in [-0.15, -0.1) is 0 Å². The molecule has 0 saturated heterocycles. The van der Waals surface area contributed by atoms with Crippen LogP contribution < -0.4 is 10.5 Å². The largest absolute Gasteiger partial charge is 0.491 e. The monoisotopic (exact) mass is 271 g/mol. The van der Waals surface area contributed by atoms with Crippen LogP contribution in [-0.2, 0) is 0 Å². The van der Waals surface area contributed by atoms with Crippen LogP contribution >= 0.6 is 0 Å². The predicted octanol–water partition coefficient (Wildman–Crippen LogP) is 3.42. The molecule has 0 amide bonds. The van der Waals surface area contributed by atoms with Crippen LogP contribution in [0.5, 0.6) is 5.75 Å². The number of ether oxygens (including phenoxy) is 1. The van der Waals surface area contributed by atoms with E-state index in [0.717, 1.165) is 16.9 Å². The van der Waals surface area contributed by atoms with Gasteiger partial charge in [0, 0.05) is 5.69 Å². The Bertz CT molecular complexity index is 618. The molecule has 20 heavy (non-hydrogen) atoms. The van der Waals surface area contributed by atoms with Crippen LogP contribution in [0.4, 0.5) is 5.69 Å².